The molecule has 0 aliphatic carbocycles. The molecule has 1 aromatic carbocycles. The number of carbonyl (C=O) groups excluding carboxylic acids is 2. The van der Waals surface area contributed by atoms with E-state index in [1.807, 2.05) is 13.8 Å². The van der Waals surface area contributed by atoms with Crippen molar-refractivity contribution < 1.29 is 24.2 Å². The summed E-state index contributed by atoms with van der Waals surface area (Å²) < 4.78 is 10.4. The Bertz CT molecular complexity index is 730. The van der Waals surface area contributed by atoms with E-state index < -0.39 is 18.0 Å². The van der Waals surface area contributed by atoms with Gasteiger partial charge in [0.2, 0.25) is 0 Å². The monoisotopic (exact) mass is 368 g/mol. The van der Waals surface area contributed by atoms with E-state index in [4.69, 9.17) is 21.1 Å². The topological polar surface area (TPSA) is 96.9 Å². The van der Waals surface area contributed by atoms with Crippen molar-refractivity contribution in [1.82, 2.24) is 10.6 Å². The molecule has 1 heterocycles. The summed E-state index contributed by atoms with van der Waals surface area (Å²) in [7, 11) is 1.38. The van der Waals surface area contributed by atoms with Crippen LogP contribution in [0.1, 0.15) is 32.4 Å². The van der Waals surface area contributed by atoms with Crippen molar-refractivity contribution in [2.45, 2.75) is 26.8 Å². The molecule has 0 fully saturated rings. The van der Waals surface area contributed by atoms with Crippen molar-refractivity contribution >= 4 is 23.6 Å². The third-order valence-corrected chi connectivity index (χ3v) is 3.93. The molecule has 1 atom stereocenters. The molecule has 1 aromatic rings. The Morgan fingerprint density at radius 2 is 2.08 bits per heavy atom. The van der Waals surface area contributed by atoms with Crippen molar-refractivity contribution in [2.75, 3.05) is 13.7 Å². The summed E-state index contributed by atoms with van der Waals surface area (Å²) in [6, 6.07) is 1.76. The van der Waals surface area contributed by atoms with E-state index in [9.17, 15) is 14.7 Å². The lowest BCUT2D eigenvalue weighted by Gasteiger charge is -2.28. The van der Waals surface area contributed by atoms with Gasteiger partial charge < -0.3 is 25.2 Å². The fraction of sp³-hybridized carbons (Fsp3) is 0.412. The number of benzene rings is 1. The van der Waals surface area contributed by atoms with Gasteiger partial charge in [-0.2, -0.15) is 0 Å². The molecule has 136 valence electrons. The van der Waals surface area contributed by atoms with Crippen LogP contribution in [-0.2, 0) is 9.53 Å². The smallest absolute Gasteiger partial charge is 0.338 e. The first-order chi connectivity index (χ1) is 11.7. The van der Waals surface area contributed by atoms with Gasteiger partial charge in [0.15, 0.2) is 11.5 Å². The van der Waals surface area contributed by atoms with Gasteiger partial charge in [0.05, 0.1) is 30.4 Å². The van der Waals surface area contributed by atoms with Crippen LogP contribution in [0.15, 0.2) is 23.4 Å². The first kappa shape index (κ1) is 18.9. The maximum atomic E-state index is 12.5. The maximum absolute atomic E-state index is 12.5. The molecule has 1 unspecified atom stereocenters. The highest BCUT2D eigenvalue weighted by Gasteiger charge is 2.33. The number of allylic oxidation sites excluding steroid dienone is 1. The largest absolute Gasteiger partial charge is 0.503 e. The zero-order chi connectivity index (χ0) is 18.7. The van der Waals surface area contributed by atoms with Gasteiger partial charge in [-0.05, 0) is 30.5 Å². The fourth-order valence-electron chi connectivity index (χ4n) is 2.45. The highest BCUT2D eigenvalue weighted by atomic mass is 35.5. The number of nitrogens with one attached hydrogen (secondary N) is 2. The van der Waals surface area contributed by atoms with Crippen molar-refractivity contribution in [1.29, 1.82) is 0 Å². The minimum atomic E-state index is -0.777. The molecule has 0 saturated carbocycles. The molecule has 0 bridgehead atoms. The summed E-state index contributed by atoms with van der Waals surface area (Å²) in [5.74, 6) is -0.426. The van der Waals surface area contributed by atoms with Gasteiger partial charge in [-0.1, -0.05) is 25.4 Å². The quantitative estimate of drug-likeness (QED) is 0.694. The molecule has 8 heteroatoms. The number of phenols is 1. The van der Waals surface area contributed by atoms with Gasteiger partial charge >= 0.3 is 12.0 Å². The fourth-order valence-corrected chi connectivity index (χ4v) is 2.67. The summed E-state index contributed by atoms with van der Waals surface area (Å²) in [4.78, 5) is 24.4. The van der Waals surface area contributed by atoms with E-state index >= 15 is 0 Å². The number of rotatable bonds is 5. The Morgan fingerprint density at radius 1 is 1.40 bits per heavy atom. The van der Waals surface area contributed by atoms with E-state index in [1.165, 1.54) is 19.2 Å². The van der Waals surface area contributed by atoms with Crippen molar-refractivity contribution in [2.24, 2.45) is 5.92 Å². The second-order valence-electron chi connectivity index (χ2n) is 6.12. The van der Waals surface area contributed by atoms with Crippen LogP contribution in [0.2, 0.25) is 5.02 Å². The zero-order valence-corrected chi connectivity index (χ0v) is 15.2. The molecular weight excluding hydrogens is 348 g/mol. The molecule has 0 radical (unpaired) electrons. The van der Waals surface area contributed by atoms with E-state index in [-0.39, 0.29) is 34.6 Å². The molecule has 2 rings (SSSR count). The highest BCUT2D eigenvalue weighted by molar-refractivity contribution is 6.32. The lowest BCUT2D eigenvalue weighted by molar-refractivity contribution is -0.140. The van der Waals surface area contributed by atoms with Gasteiger partial charge in [0, 0.05) is 5.70 Å². The average molecular weight is 369 g/mol. The molecular formula is C17H21ClN2O5. The normalized spacial score (nSPS) is 17.2. The van der Waals surface area contributed by atoms with Crippen molar-refractivity contribution in [3.8, 4) is 11.5 Å². The number of halogens is 1. The van der Waals surface area contributed by atoms with Gasteiger partial charge in [-0.15, -0.1) is 0 Å². The van der Waals surface area contributed by atoms with Crippen molar-refractivity contribution in [3.63, 3.8) is 0 Å². The second-order valence-corrected chi connectivity index (χ2v) is 6.52. The van der Waals surface area contributed by atoms with Crippen LogP contribution in [0.5, 0.6) is 11.5 Å². The van der Waals surface area contributed by atoms with E-state index in [0.717, 1.165) is 0 Å². The third-order valence-electron chi connectivity index (χ3n) is 3.64. The third kappa shape index (κ3) is 4.17. The van der Waals surface area contributed by atoms with E-state index in [2.05, 4.69) is 10.6 Å². The predicted octanol–water partition coefficient (Wildman–Crippen LogP) is 2.88. The lowest BCUT2D eigenvalue weighted by atomic mass is 9.95. The Balaban J connectivity index is 2.46. The standard InChI is InChI=1S/C17H21ClN2O5/c1-8(2)7-25-16(22)13-9(3)19-17(23)20-14(13)10-5-11(18)15(21)12(6-10)24-4/h5-6,8,14,21H,7H2,1-4H3,(H2,19,20,23). The Labute approximate surface area is 150 Å². The number of carbonyl (C=O) groups is 2. The minimum Gasteiger partial charge on any atom is -0.503 e. The Hall–Kier alpha value is -2.41. The molecule has 0 spiro atoms. The molecule has 1 aliphatic heterocycles. The molecule has 2 amide bonds. The molecule has 0 saturated heterocycles. The number of methoxy groups -OCH3 is 1. The number of ether oxygens (including phenoxy) is 2. The second kappa shape index (κ2) is 7.65. The van der Waals surface area contributed by atoms with Crippen LogP contribution in [0.25, 0.3) is 0 Å². The summed E-state index contributed by atoms with van der Waals surface area (Å²) in [5.41, 5.74) is 1.15. The SMILES string of the molecule is COc1cc(C2NC(=O)NC(C)=C2C(=O)OCC(C)C)cc(Cl)c1O. The number of esters is 1. The van der Waals surface area contributed by atoms with Gasteiger partial charge in [0.1, 0.15) is 0 Å². The predicted molar refractivity (Wildman–Crippen MR) is 92.6 cm³/mol. The first-order valence-electron chi connectivity index (χ1n) is 7.76. The number of phenolic OH excluding ortho intramolecular Hbond substituents is 1. The summed E-state index contributed by atoms with van der Waals surface area (Å²) in [5, 5.41) is 15.2. The number of amides is 2. The highest BCUT2D eigenvalue weighted by Crippen LogP contribution is 2.39. The molecule has 1 aliphatic rings. The van der Waals surface area contributed by atoms with Crippen LogP contribution >= 0.6 is 11.6 Å². The Morgan fingerprint density at radius 3 is 2.68 bits per heavy atom. The number of hydrogen-bond donors (Lipinski definition) is 3. The number of aromatic hydroxyl groups is 1. The van der Waals surface area contributed by atoms with Crippen LogP contribution < -0.4 is 15.4 Å². The van der Waals surface area contributed by atoms with Gasteiger partial charge in [-0.3, -0.25) is 0 Å². The molecule has 0 aromatic heterocycles. The zero-order valence-electron chi connectivity index (χ0n) is 14.5. The average Bonchev–Trinajstić information content (AvgIpc) is 2.54. The van der Waals surface area contributed by atoms with E-state index in [1.54, 1.807) is 6.92 Å². The lowest BCUT2D eigenvalue weighted by Crippen LogP contribution is -2.45. The van der Waals surface area contributed by atoms with Crippen LogP contribution in [0.4, 0.5) is 4.79 Å². The van der Waals surface area contributed by atoms with Crippen LogP contribution in [-0.4, -0.2) is 30.8 Å². The van der Waals surface area contributed by atoms with Gasteiger partial charge in [0.25, 0.3) is 0 Å². The first-order valence-corrected chi connectivity index (χ1v) is 8.14. The van der Waals surface area contributed by atoms with E-state index in [0.29, 0.717) is 11.3 Å². The van der Waals surface area contributed by atoms with Crippen LogP contribution in [0.3, 0.4) is 0 Å². The van der Waals surface area contributed by atoms with Crippen LogP contribution in [0, 0.1) is 5.92 Å². The maximum Gasteiger partial charge on any atom is 0.338 e. The number of hydrogen-bond acceptors (Lipinski definition) is 5. The summed E-state index contributed by atoms with van der Waals surface area (Å²) >= 11 is 6.03. The summed E-state index contributed by atoms with van der Waals surface area (Å²) in [6.07, 6.45) is 0. The summed E-state index contributed by atoms with van der Waals surface area (Å²) in [6.45, 7) is 5.74. The minimum absolute atomic E-state index is 0.0506. The molecule has 7 nitrogen and oxygen atoms in total. The molecule has 25 heavy (non-hydrogen) atoms. The number of urea groups is 1. The van der Waals surface area contributed by atoms with Gasteiger partial charge in [-0.25, -0.2) is 9.59 Å². The Kier molecular flexibility index (Phi) is 5.79. The van der Waals surface area contributed by atoms with Crippen molar-refractivity contribution in [3.05, 3.63) is 34.0 Å². The molecule has 3 N–H and O–H groups in total.